The van der Waals surface area contributed by atoms with E-state index in [4.69, 9.17) is 5.11 Å². The molecule has 0 saturated heterocycles. The predicted octanol–water partition coefficient (Wildman–Crippen LogP) is 1.50. The highest BCUT2D eigenvalue weighted by Crippen LogP contribution is 2.25. The Bertz CT molecular complexity index is 487. The van der Waals surface area contributed by atoms with Crippen molar-refractivity contribution in [3.8, 4) is 0 Å². The van der Waals surface area contributed by atoms with Gasteiger partial charge in [0.15, 0.2) is 0 Å². The molecule has 0 fully saturated rings. The number of carboxylic acid groups (broad SMARTS) is 1. The van der Waals surface area contributed by atoms with Gasteiger partial charge < -0.3 is 15.1 Å². The zero-order valence-corrected chi connectivity index (χ0v) is 10.7. The van der Waals surface area contributed by atoms with Crippen LogP contribution in [-0.2, 0) is 0 Å². The maximum Gasteiger partial charge on any atom is 0.337 e. The first-order valence-corrected chi connectivity index (χ1v) is 5.74. The molecule has 7 nitrogen and oxygen atoms in total. The average Bonchev–Trinajstić information content (AvgIpc) is 2.34. The van der Waals surface area contributed by atoms with Crippen LogP contribution in [-0.4, -0.2) is 40.8 Å². The predicted molar refractivity (Wildman–Crippen MR) is 69.6 cm³/mol. The number of carboxylic acids is 1. The van der Waals surface area contributed by atoms with E-state index >= 15 is 0 Å². The van der Waals surface area contributed by atoms with Gasteiger partial charge in [-0.25, -0.2) is 4.79 Å². The molecule has 1 rings (SSSR count). The van der Waals surface area contributed by atoms with Crippen molar-refractivity contribution in [1.29, 1.82) is 0 Å². The highest BCUT2D eigenvalue weighted by molar-refractivity contribution is 5.95. The van der Waals surface area contributed by atoms with Crippen LogP contribution >= 0.6 is 0 Å². The Morgan fingerprint density at radius 3 is 2.63 bits per heavy atom. The number of non-ortho nitro benzene ring substituents is 1. The number of nitrogens with zero attached hydrogens (tertiary/aromatic N) is 2. The molecule has 2 N–H and O–H groups in total. The normalized spacial score (nSPS) is 11.9. The van der Waals surface area contributed by atoms with E-state index in [0.717, 1.165) is 6.07 Å². The first-order chi connectivity index (χ1) is 8.82. The van der Waals surface area contributed by atoms with E-state index in [1.54, 1.807) is 18.9 Å². The van der Waals surface area contributed by atoms with Gasteiger partial charge in [0.25, 0.3) is 5.69 Å². The van der Waals surface area contributed by atoms with Gasteiger partial charge in [-0.05, 0) is 19.4 Å². The number of anilines is 1. The standard InChI is InChI=1S/C12H16N2O5/c1-8(15)5-6-13(2)11-7-9(14(18)19)3-4-10(11)12(16)17/h3-4,7-8,15H,5-6H2,1-2H3,(H,16,17). The topological polar surface area (TPSA) is 104 Å². The fraction of sp³-hybridized carbons (Fsp3) is 0.417. The second kappa shape index (κ2) is 6.14. The van der Waals surface area contributed by atoms with E-state index in [-0.39, 0.29) is 16.9 Å². The summed E-state index contributed by atoms with van der Waals surface area (Å²) in [7, 11) is 1.63. The lowest BCUT2D eigenvalue weighted by atomic mass is 10.1. The summed E-state index contributed by atoms with van der Waals surface area (Å²) in [6.07, 6.45) is -0.0763. The number of carbonyl (C=O) groups is 1. The summed E-state index contributed by atoms with van der Waals surface area (Å²) < 4.78 is 0. The zero-order valence-electron chi connectivity index (χ0n) is 10.7. The number of aliphatic hydroxyl groups excluding tert-OH is 1. The smallest absolute Gasteiger partial charge is 0.337 e. The van der Waals surface area contributed by atoms with Crippen LogP contribution in [0.2, 0.25) is 0 Å². The summed E-state index contributed by atoms with van der Waals surface area (Å²) in [6, 6.07) is 3.61. The second-order valence-corrected chi connectivity index (χ2v) is 4.32. The number of hydrogen-bond acceptors (Lipinski definition) is 5. The molecule has 0 heterocycles. The highest BCUT2D eigenvalue weighted by atomic mass is 16.6. The molecule has 0 aliphatic rings. The van der Waals surface area contributed by atoms with Crippen LogP contribution in [0.25, 0.3) is 0 Å². The van der Waals surface area contributed by atoms with Crippen molar-refractivity contribution in [3.63, 3.8) is 0 Å². The molecule has 19 heavy (non-hydrogen) atoms. The van der Waals surface area contributed by atoms with E-state index in [1.807, 2.05) is 0 Å². The van der Waals surface area contributed by atoms with Gasteiger partial charge in [0.2, 0.25) is 0 Å². The van der Waals surface area contributed by atoms with E-state index < -0.39 is 17.0 Å². The Balaban J connectivity index is 3.09. The summed E-state index contributed by atoms with van der Waals surface area (Å²) in [5, 5.41) is 29.0. The van der Waals surface area contributed by atoms with Gasteiger partial charge in [-0.3, -0.25) is 10.1 Å². The van der Waals surface area contributed by atoms with Crippen molar-refractivity contribution in [1.82, 2.24) is 0 Å². The molecule has 1 atom stereocenters. The minimum Gasteiger partial charge on any atom is -0.478 e. The molecule has 1 aromatic rings. The van der Waals surface area contributed by atoms with Crippen LogP contribution in [0.3, 0.4) is 0 Å². The van der Waals surface area contributed by atoms with Crippen LogP contribution in [0.15, 0.2) is 18.2 Å². The number of nitro benzene ring substituents is 1. The summed E-state index contributed by atoms with van der Waals surface area (Å²) in [5.74, 6) is -1.14. The number of nitro groups is 1. The van der Waals surface area contributed by atoms with E-state index in [9.17, 15) is 20.0 Å². The number of rotatable bonds is 6. The fourth-order valence-corrected chi connectivity index (χ4v) is 1.63. The zero-order chi connectivity index (χ0) is 14.6. The fourth-order valence-electron chi connectivity index (χ4n) is 1.63. The van der Waals surface area contributed by atoms with Crippen molar-refractivity contribution in [2.24, 2.45) is 0 Å². The number of aromatic carboxylic acids is 1. The molecular weight excluding hydrogens is 252 g/mol. The lowest BCUT2D eigenvalue weighted by Crippen LogP contribution is -2.24. The Kier molecular flexibility index (Phi) is 4.82. The van der Waals surface area contributed by atoms with Crippen LogP contribution in [0.5, 0.6) is 0 Å². The molecule has 7 heteroatoms. The third-order valence-electron chi connectivity index (χ3n) is 2.72. The average molecular weight is 268 g/mol. The summed E-state index contributed by atoms with van der Waals surface area (Å²) in [6.45, 7) is 2.03. The van der Waals surface area contributed by atoms with Gasteiger partial charge in [0.05, 0.1) is 22.3 Å². The quantitative estimate of drug-likeness (QED) is 0.598. The van der Waals surface area contributed by atoms with Gasteiger partial charge in [-0.1, -0.05) is 0 Å². The van der Waals surface area contributed by atoms with Crippen molar-refractivity contribution < 1.29 is 19.9 Å². The Morgan fingerprint density at radius 2 is 2.16 bits per heavy atom. The molecule has 0 radical (unpaired) electrons. The van der Waals surface area contributed by atoms with Crippen molar-refractivity contribution in [2.75, 3.05) is 18.5 Å². The minimum absolute atomic E-state index is 0.00121. The largest absolute Gasteiger partial charge is 0.478 e. The monoisotopic (exact) mass is 268 g/mol. The van der Waals surface area contributed by atoms with Crippen molar-refractivity contribution in [2.45, 2.75) is 19.4 Å². The molecule has 1 aromatic carbocycles. The van der Waals surface area contributed by atoms with Crippen molar-refractivity contribution in [3.05, 3.63) is 33.9 Å². The Hall–Kier alpha value is -2.15. The van der Waals surface area contributed by atoms with Crippen LogP contribution in [0, 0.1) is 10.1 Å². The van der Waals surface area contributed by atoms with Crippen LogP contribution < -0.4 is 4.90 Å². The Labute approximate surface area is 110 Å². The maximum absolute atomic E-state index is 11.1. The third kappa shape index (κ3) is 3.92. The molecule has 104 valence electrons. The summed E-state index contributed by atoms with van der Waals surface area (Å²) in [4.78, 5) is 22.8. The van der Waals surface area contributed by atoms with Crippen molar-refractivity contribution >= 4 is 17.3 Å². The first-order valence-electron chi connectivity index (χ1n) is 5.74. The molecule has 0 aromatic heterocycles. The van der Waals surface area contributed by atoms with E-state index in [2.05, 4.69) is 0 Å². The van der Waals surface area contributed by atoms with E-state index in [0.29, 0.717) is 13.0 Å². The third-order valence-corrected chi connectivity index (χ3v) is 2.72. The highest BCUT2D eigenvalue weighted by Gasteiger charge is 2.18. The molecule has 1 unspecified atom stereocenters. The SMILES string of the molecule is CC(O)CCN(C)c1cc([N+](=O)[O-])ccc1C(=O)O. The van der Waals surface area contributed by atoms with Gasteiger partial charge in [0, 0.05) is 25.7 Å². The molecule has 0 bridgehead atoms. The van der Waals surface area contributed by atoms with Gasteiger partial charge >= 0.3 is 5.97 Å². The Morgan fingerprint density at radius 1 is 1.53 bits per heavy atom. The lowest BCUT2D eigenvalue weighted by molar-refractivity contribution is -0.384. The lowest BCUT2D eigenvalue weighted by Gasteiger charge is -2.21. The number of hydrogen-bond donors (Lipinski definition) is 2. The molecule has 0 spiro atoms. The minimum atomic E-state index is -1.14. The maximum atomic E-state index is 11.1. The molecule has 0 saturated carbocycles. The molecule has 0 aliphatic heterocycles. The first kappa shape index (κ1) is 14.9. The summed E-state index contributed by atoms with van der Waals surface area (Å²) >= 11 is 0. The van der Waals surface area contributed by atoms with Crippen LogP contribution in [0.4, 0.5) is 11.4 Å². The molecule has 0 aliphatic carbocycles. The van der Waals surface area contributed by atoms with Gasteiger partial charge in [-0.15, -0.1) is 0 Å². The van der Waals surface area contributed by atoms with E-state index in [1.165, 1.54) is 12.1 Å². The molecular formula is C12H16N2O5. The van der Waals surface area contributed by atoms with Crippen LogP contribution in [0.1, 0.15) is 23.7 Å². The number of aliphatic hydroxyl groups is 1. The second-order valence-electron chi connectivity index (χ2n) is 4.32. The summed E-state index contributed by atoms with van der Waals surface area (Å²) in [5.41, 5.74) is 0.102. The van der Waals surface area contributed by atoms with Gasteiger partial charge in [-0.2, -0.15) is 0 Å². The van der Waals surface area contributed by atoms with Gasteiger partial charge in [0.1, 0.15) is 0 Å². The number of benzene rings is 1. The molecule has 0 amide bonds.